The molecule has 142 valence electrons. The number of hydrogen-bond acceptors (Lipinski definition) is 6. The van der Waals surface area contributed by atoms with Gasteiger partial charge in [0, 0.05) is 11.4 Å². The van der Waals surface area contributed by atoms with Gasteiger partial charge in [-0.25, -0.2) is 4.98 Å². The molecule has 1 atom stereocenters. The number of ether oxygens (including phenoxy) is 1. The number of carbonyl (C=O) groups excluding carboxylic acids is 1. The number of thiazole rings is 1. The number of amides is 1. The highest BCUT2D eigenvalue weighted by atomic mass is 32.1. The van der Waals surface area contributed by atoms with E-state index in [1.54, 1.807) is 23.9 Å². The van der Waals surface area contributed by atoms with E-state index < -0.39 is 6.10 Å². The van der Waals surface area contributed by atoms with Crippen LogP contribution in [0.15, 0.2) is 64.6 Å². The second kappa shape index (κ2) is 7.69. The molecular formula is C20H18N4O3S. The first-order chi connectivity index (χ1) is 13.6. The van der Waals surface area contributed by atoms with E-state index in [0.717, 1.165) is 11.4 Å². The van der Waals surface area contributed by atoms with Gasteiger partial charge in [0.2, 0.25) is 5.13 Å². The Kier molecular flexibility index (Phi) is 4.94. The highest BCUT2D eigenvalue weighted by Crippen LogP contribution is 2.26. The normalized spacial score (nSPS) is 11.9. The minimum atomic E-state index is -0.666. The topological polar surface area (TPSA) is 82.2 Å². The molecule has 1 N–H and O–H groups in total. The summed E-state index contributed by atoms with van der Waals surface area (Å²) in [6.07, 6.45) is 0.938. The van der Waals surface area contributed by atoms with Gasteiger partial charge in [-0.2, -0.15) is 9.78 Å². The van der Waals surface area contributed by atoms with Gasteiger partial charge in [-0.15, -0.1) is 11.3 Å². The Morgan fingerprint density at radius 3 is 2.82 bits per heavy atom. The summed E-state index contributed by atoms with van der Waals surface area (Å²) in [7, 11) is 0. The molecule has 3 aromatic heterocycles. The molecule has 1 unspecified atom stereocenters. The van der Waals surface area contributed by atoms with Gasteiger partial charge in [-0.3, -0.25) is 4.79 Å². The summed E-state index contributed by atoms with van der Waals surface area (Å²) in [4.78, 5) is 17.2. The number of para-hydroxylation sites is 1. The number of rotatable bonds is 6. The van der Waals surface area contributed by atoms with Crippen molar-refractivity contribution < 1.29 is 13.9 Å². The molecule has 0 saturated heterocycles. The Labute approximate surface area is 165 Å². The van der Waals surface area contributed by atoms with E-state index >= 15 is 0 Å². The van der Waals surface area contributed by atoms with Crippen LogP contribution in [-0.4, -0.2) is 26.8 Å². The predicted molar refractivity (Wildman–Crippen MR) is 107 cm³/mol. The fourth-order valence-corrected chi connectivity index (χ4v) is 3.39. The molecule has 8 heteroatoms. The first kappa shape index (κ1) is 18.0. The van der Waals surface area contributed by atoms with Crippen molar-refractivity contribution in [2.24, 2.45) is 0 Å². The van der Waals surface area contributed by atoms with Crippen molar-refractivity contribution in [3.05, 3.63) is 65.9 Å². The van der Waals surface area contributed by atoms with Crippen molar-refractivity contribution in [1.29, 1.82) is 0 Å². The lowest BCUT2D eigenvalue weighted by Gasteiger charge is -2.14. The molecular weight excluding hydrogens is 376 g/mol. The minimum Gasteiger partial charge on any atom is -0.481 e. The summed E-state index contributed by atoms with van der Waals surface area (Å²) in [5.41, 5.74) is 1.48. The minimum absolute atomic E-state index is 0.271. The molecule has 0 saturated carbocycles. The number of anilines is 1. The Hall–Kier alpha value is -3.39. The van der Waals surface area contributed by atoms with Gasteiger partial charge in [0.05, 0.1) is 12.0 Å². The number of hydrogen-bond donors (Lipinski definition) is 1. The van der Waals surface area contributed by atoms with Gasteiger partial charge in [0.25, 0.3) is 5.91 Å². The molecule has 3 heterocycles. The summed E-state index contributed by atoms with van der Waals surface area (Å²) in [6, 6.07) is 14.7. The maximum atomic E-state index is 12.6. The highest BCUT2D eigenvalue weighted by molar-refractivity contribution is 7.12. The Bertz CT molecular complexity index is 1070. The number of furan rings is 1. The first-order valence-corrected chi connectivity index (χ1v) is 9.57. The molecule has 0 spiro atoms. The number of nitrogens with one attached hydrogen (secondary N) is 1. The SMILES string of the molecule is Cc1cc(NC(=O)C(C)Oc2ccccc2)n(-c2nc(-c3ccco3)cs2)n1. The van der Waals surface area contributed by atoms with Crippen molar-refractivity contribution in [2.75, 3.05) is 5.32 Å². The van der Waals surface area contributed by atoms with Crippen LogP contribution in [0.1, 0.15) is 12.6 Å². The van der Waals surface area contributed by atoms with Gasteiger partial charge in [-0.05, 0) is 38.1 Å². The maximum Gasteiger partial charge on any atom is 0.266 e. The Morgan fingerprint density at radius 1 is 1.25 bits per heavy atom. The van der Waals surface area contributed by atoms with Crippen molar-refractivity contribution in [3.63, 3.8) is 0 Å². The van der Waals surface area contributed by atoms with Crippen molar-refractivity contribution in [1.82, 2.24) is 14.8 Å². The van der Waals surface area contributed by atoms with Gasteiger partial charge < -0.3 is 14.5 Å². The molecule has 0 bridgehead atoms. The van der Waals surface area contributed by atoms with Crippen molar-refractivity contribution in [2.45, 2.75) is 20.0 Å². The third kappa shape index (κ3) is 3.81. The molecule has 4 aromatic rings. The molecule has 0 radical (unpaired) electrons. The number of benzene rings is 1. The summed E-state index contributed by atoms with van der Waals surface area (Å²) in [6.45, 7) is 3.56. The van der Waals surface area contributed by atoms with Crippen LogP contribution in [0.25, 0.3) is 16.6 Å². The summed E-state index contributed by atoms with van der Waals surface area (Å²) in [5, 5.41) is 9.84. The monoisotopic (exact) mass is 394 g/mol. The fraction of sp³-hybridized carbons (Fsp3) is 0.150. The lowest BCUT2D eigenvalue weighted by Crippen LogP contribution is -2.30. The van der Waals surface area contributed by atoms with Crippen LogP contribution in [0.3, 0.4) is 0 Å². The van der Waals surface area contributed by atoms with Gasteiger partial charge >= 0.3 is 0 Å². The van der Waals surface area contributed by atoms with E-state index in [0.29, 0.717) is 22.5 Å². The molecule has 1 amide bonds. The molecule has 0 fully saturated rings. The van der Waals surface area contributed by atoms with Gasteiger partial charge in [0.1, 0.15) is 17.3 Å². The number of nitrogens with zero attached hydrogens (tertiary/aromatic N) is 3. The van der Waals surface area contributed by atoms with Gasteiger partial charge in [0.15, 0.2) is 11.9 Å². The van der Waals surface area contributed by atoms with E-state index in [-0.39, 0.29) is 5.91 Å². The molecule has 0 aliphatic carbocycles. The quantitative estimate of drug-likeness (QED) is 0.527. The second-order valence-corrected chi connectivity index (χ2v) is 6.97. The second-order valence-electron chi connectivity index (χ2n) is 6.14. The third-order valence-corrected chi connectivity index (χ3v) is 4.77. The number of aromatic nitrogens is 3. The molecule has 0 aliphatic rings. The highest BCUT2D eigenvalue weighted by Gasteiger charge is 2.19. The van der Waals surface area contributed by atoms with Crippen LogP contribution in [0.5, 0.6) is 5.75 Å². The summed E-state index contributed by atoms with van der Waals surface area (Å²) >= 11 is 1.41. The smallest absolute Gasteiger partial charge is 0.266 e. The van der Waals surface area contributed by atoms with Crippen molar-refractivity contribution >= 4 is 23.1 Å². The third-order valence-electron chi connectivity index (χ3n) is 3.95. The average Bonchev–Trinajstić information content (AvgIpc) is 3.42. The largest absolute Gasteiger partial charge is 0.481 e. The molecule has 0 aliphatic heterocycles. The standard InChI is InChI=1S/C20H18N4O3S/c1-13-11-18(22-19(25)14(2)27-15-7-4-3-5-8-15)24(23-13)20-21-16(12-28-20)17-9-6-10-26-17/h3-12,14H,1-2H3,(H,22,25). The van der Waals surface area contributed by atoms with Crippen LogP contribution in [0, 0.1) is 6.92 Å². The number of aryl methyl sites for hydroxylation is 1. The van der Waals surface area contributed by atoms with Crippen LogP contribution >= 0.6 is 11.3 Å². The van der Waals surface area contributed by atoms with E-state index in [2.05, 4.69) is 15.4 Å². The Morgan fingerprint density at radius 2 is 2.07 bits per heavy atom. The van der Waals surface area contributed by atoms with Crippen LogP contribution < -0.4 is 10.1 Å². The average molecular weight is 394 g/mol. The number of carbonyl (C=O) groups is 1. The fourth-order valence-electron chi connectivity index (χ4n) is 2.62. The molecule has 7 nitrogen and oxygen atoms in total. The summed E-state index contributed by atoms with van der Waals surface area (Å²) < 4.78 is 12.7. The Balaban J connectivity index is 1.52. The predicted octanol–water partition coefficient (Wildman–Crippen LogP) is 4.30. The molecule has 1 aromatic carbocycles. The van der Waals surface area contributed by atoms with Crippen LogP contribution in [0.4, 0.5) is 5.82 Å². The molecule has 4 rings (SSSR count). The first-order valence-electron chi connectivity index (χ1n) is 8.69. The zero-order chi connectivity index (χ0) is 19.5. The maximum absolute atomic E-state index is 12.6. The zero-order valence-electron chi connectivity index (χ0n) is 15.3. The zero-order valence-corrected chi connectivity index (χ0v) is 16.1. The molecule has 28 heavy (non-hydrogen) atoms. The lowest BCUT2D eigenvalue weighted by molar-refractivity contribution is -0.122. The van der Waals surface area contributed by atoms with E-state index in [4.69, 9.17) is 9.15 Å². The van der Waals surface area contributed by atoms with Crippen molar-refractivity contribution in [3.8, 4) is 22.3 Å². The van der Waals surface area contributed by atoms with E-state index in [9.17, 15) is 4.79 Å². The van der Waals surface area contributed by atoms with Crippen LogP contribution in [0.2, 0.25) is 0 Å². The van der Waals surface area contributed by atoms with Gasteiger partial charge in [-0.1, -0.05) is 18.2 Å². The summed E-state index contributed by atoms with van der Waals surface area (Å²) in [5.74, 6) is 1.58. The van der Waals surface area contributed by atoms with Crippen LogP contribution in [-0.2, 0) is 4.79 Å². The van der Waals surface area contributed by atoms with E-state index in [1.807, 2.05) is 54.8 Å². The lowest BCUT2D eigenvalue weighted by atomic mass is 10.3. The van der Waals surface area contributed by atoms with E-state index in [1.165, 1.54) is 11.3 Å².